The van der Waals surface area contributed by atoms with Gasteiger partial charge in [0.05, 0.1) is 5.69 Å². The third-order valence-corrected chi connectivity index (χ3v) is 3.81. The van der Waals surface area contributed by atoms with Crippen molar-refractivity contribution in [2.45, 2.75) is 25.9 Å². The number of rotatable bonds is 2. The Hall–Kier alpha value is -0.450. The van der Waals surface area contributed by atoms with Crippen LogP contribution < -0.4 is 0 Å². The number of hydrogen-bond donors (Lipinski definition) is 0. The van der Waals surface area contributed by atoms with Gasteiger partial charge in [0.2, 0.25) is 0 Å². The van der Waals surface area contributed by atoms with E-state index < -0.39 is 0 Å². The molecule has 94 valence electrons. The zero-order chi connectivity index (χ0) is 12.3. The minimum Gasteiger partial charge on any atom is -0.305 e. The standard InChI is InChI=1S/C13H20BrN3/c1-11-9-16(2)6-3-7-17(11)10-13-5-4-12(14)8-15-13/h4-5,8,11H,3,6-7,9-10H2,1-2H3. The summed E-state index contributed by atoms with van der Waals surface area (Å²) in [5.74, 6) is 0. The monoisotopic (exact) mass is 297 g/mol. The van der Waals surface area contributed by atoms with E-state index in [1.165, 1.54) is 19.5 Å². The minimum atomic E-state index is 0.605. The second kappa shape index (κ2) is 5.94. The van der Waals surface area contributed by atoms with Crippen LogP contribution in [0.2, 0.25) is 0 Å². The molecule has 0 bridgehead atoms. The molecule has 1 aliphatic rings. The summed E-state index contributed by atoms with van der Waals surface area (Å²) in [6.45, 7) is 6.79. The number of halogens is 1. The van der Waals surface area contributed by atoms with Gasteiger partial charge < -0.3 is 4.90 Å². The summed E-state index contributed by atoms with van der Waals surface area (Å²) in [5.41, 5.74) is 1.16. The van der Waals surface area contributed by atoms with E-state index in [0.29, 0.717) is 6.04 Å². The molecule has 2 heterocycles. The third kappa shape index (κ3) is 3.76. The van der Waals surface area contributed by atoms with Crippen LogP contribution in [0.3, 0.4) is 0 Å². The predicted octanol–water partition coefficient (Wildman–Crippen LogP) is 2.37. The van der Waals surface area contributed by atoms with Crippen molar-refractivity contribution >= 4 is 15.9 Å². The largest absolute Gasteiger partial charge is 0.305 e. The summed E-state index contributed by atoms with van der Waals surface area (Å²) >= 11 is 3.42. The Morgan fingerprint density at radius 3 is 2.94 bits per heavy atom. The zero-order valence-electron chi connectivity index (χ0n) is 10.6. The molecule has 1 aliphatic heterocycles. The normalized spacial score (nSPS) is 23.6. The van der Waals surface area contributed by atoms with E-state index in [0.717, 1.165) is 23.3 Å². The van der Waals surface area contributed by atoms with Crippen LogP contribution in [0.25, 0.3) is 0 Å². The van der Waals surface area contributed by atoms with Gasteiger partial charge in [-0.15, -0.1) is 0 Å². The van der Waals surface area contributed by atoms with E-state index >= 15 is 0 Å². The zero-order valence-corrected chi connectivity index (χ0v) is 12.2. The molecule has 1 aromatic rings. The van der Waals surface area contributed by atoms with Crippen LogP contribution >= 0.6 is 15.9 Å². The Bertz CT molecular complexity index is 352. The maximum absolute atomic E-state index is 4.45. The Morgan fingerprint density at radius 1 is 1.41 bits per heavy atom. The van der Waals surface area contributed by atoms with Gasteiger partial charge in [0.15, 0.2) is 0 Å². The van der Waals surface area contributed by atoms with E-state index in [4.69, 9.17) is 0 Å². The Kier molecular flexibility index (Phi) is 4.54. The van der Waals surface area contributed by atoms with Crippen molar-refractivity contribution in [3.8, 4) is 0 Å². The molecule has 0 aromatic carbocycles. The van der Waals surface area contributed by atoms with E-state index in [9.17, 15) is 0 Å². The summed E-state index contributed by atoms with van der Waals surface area (Å²) in [7, 11) is 2.21. The van der Waals surface area contributed by atoms with Crippen molar-refractivity contribution in [2.75, 3.05) is 26.7 Å². The summed E-state index contributed by atoms with van der Waals surface area (Å²) in [5, 5.41) is 0. The quantitative estimate of drug-likeness (QED) is 0.835. The average molecular weight is 298 g/mol. The van der Waals surface area contributed by atoms with Crippen LogP contribution in [0, 0.1) is 0 Å². The third-order valence-electron chi connectivity index (χ3n) is 3.34. The summed E-state index contributed by atoms with van der Waals surface area (Å²) in [6.07, 6.45) is 3.13. The van der Waals surface area contributed by atoms with Gasteiger partial charge >= 0.3 is 0 Å². The fourth-order valence-corrected chi connectivity index (χ4v) is 2.60. The Balaban J connectivity index is 1.99. The van der Waals surface area contributed by atoms with Crippen molar-refractivity contribution in [2.24, 2.45) is 0 Å². The molecule has 0 amide bonds. The molecule has 17 heavy (non-hydrogen) atoms. The van der Waals surface area contributed by atoms with Gasteiger partial charge in [-0.2, -0.15) is 0 Å². The van der Waals surface area contributed by atoms with Crippen molar-refractivity contribution in [3.05, 3.63) is 28.5 Å². The van der Waals surface area contributed by atoms with Gasteiger partial charge in [-0.3, -0.25) is 9.88 Å². The van der Waals surface area contributed by atoms with Crippen LogP contribution in [0.4, 0.5) is 0 Å². The second-order valence-electron chi connectivity index (χ2n) is 4.90. The molecule has 0 aliphatic carbocycles. The smallest absolute Gasteiger partial charge is 0.0544 e. The lowest BCUT2D eigenvalue weighted by Gasteiger charge is -2.27. The molecule has 3 nitrogen and oxygen atoms in total. The maximum atomic E-state index is 4.45. The lowest BCUT2D eigenvalue weighted by atomic mass is 10.2. The second-order valence-corrected chi connectivity index (χ2v) is 5.82. The fourth-order valence-electron chi connectivity index (χ4n) is 2.36. The van der Waals surface area contributed by atoms with Gasteiger partial charge in [-0.05, 0) is 55.0 Å². The molecule has 1 atom stereocenters. The van der Waals surface area contributed by atoms with Gasteiger partial charge in [0.1, 0.15) is 0 Å². The van der Waals surface area contributed by atoms with E-state index in [2.05, 4.69) is 56.8 Å². The first-order valence-corrected chi connectivity index (χ1v) is 6.97. The molecule has 1 unspecified atom stereocenters. The van der Waals surface area contributed by atoms with E-state index in [1.54, 1.807) is 0 Å². The molecule has 0 radical (unpaired) electrons. The lowest BCUT2D eigenvalue weighted by Crippen LogP contribution is -2.37. The van der Waals surface area contributed by atoms with Crippen molar-refractivity contribution in [1.29, 1.82) is 0 Å². The van der Waals surface area contributed by atoms with Gasteiger partial charge in [0.25, 0.3) is 0 Å². The van der Waals surface area contributed by atoms with Crippen LogP contribution in [-0.4, -0.2) is 47.5 Å². The lowest BCUT2D eigenvalue weighted by molar-refractivity contribution is 0.192. The Labute approximate surface area is 112 Å². The molecule has 0 N–H and O–H groups in total. The number of nitrogens with zero attached hydrogens (tertiary/aromatic N) is 3. The highest BCUT2D eigenvalue weighted by molar-refractivity contribution is 9.10. The number of aromatic nitrogens is 1. The number of likely N-dealkylation sites (N-methyl/N-ethyl adjacent to an activating group) is 1. The van der Waals surface area contributed by atoms with Gasteiger partial charge in [0, 0.05) is 36.3 Å². The topological polar surface area (TPSA) is 19.4 Å². The summed E-state index contributed by atoms with van der Waals surface area (Å²) in [4.78, 5) is 9.40. The maximum Gasteiger partial charge on any atom is 0.0544 e. The molecule has 1 fully saturated rings. The molecule has 4 heteroatoms. The first-order chi connectivity index (χ1) is 8.15. The number of pyridine rings is 1. The molecule has 1 aromatic heterocycles. The first kappa shape index (κ1) is 13.0. The highest BCUT2D eigenvalue weighted by Gasteiger charge is 2.19. The van der Waals surface area contributed by atoms with Crippen molar-refractivity contribution in [1.82, 2.24) is 14.8 Å². The van der Waals surface area contributed by atoms with Crippen LogP contribution in [-0.2, 0) is 6.54 Å². The van der Waals surface area contributed by atoms with Gasteiger partial charge in [-0.25, -0.2) is 0 Å². The molecular formula is C13H20BrN3. The van der Waals surface area contributed by atoms with E-state index in [1.807, 2.05) is 6.20 Å². The van der Waals surface area contributed by atoms with E-state index in [-0.39, 0.29) is 0 Å². The molecular weight excluding hydrogens is 278 g/mol. The number of hydrogen-bond acceptors (Lipinski definition) is 3. The summed E-state index contributed by atoms with van der Waals surface area (Å²) in [6, 6.07) is 4.77. The Morgan fingerprint density at radius 2 is 2.24 bits per heavy atom. The fraction of sp³-hybridized carbons (Fsp3) is 0.615. The highest BCUT2D eigenvalue weighted by atomic mass is 79.9. The van der Waals surface area contributed by atoms with Gasteiger partial charge in [-0.1, -0.05) is 0 Å². The molecule has 1 saturated heterocycles. The SMILES string of the molecule is CC1CN(C)CCCN1Cc1ccc(Br)cn1. The average Bonchev–Trinajstić information content (AvgIpc) is 2.44. The molecule has 0 spiro atoms. The first-order valence-electron chi connectivity index (χ1n) is 6.18. The van der Waals surface area contributed by atoms with Crippen LogP contribution in [0.5, 0.6) is 0 Å². The molecule has 2 rings (SSSR count). The van der Waals surface area contributed by atoms with Crippen molar-refractivity contribution in [3.63, 3.8) is 0 Å². The summed E-state index contributed by atoms with van der Waals surface area (Å²) < 4.78 is 1.05. The highest BCUT2D eigenvalue weighted by Crippen LogP contribution is 2.13. The van der Waals surface area contributed by atoms with Crippen LogP contribution in [0.15, 0.2) is 22.8 Å². The molecule has 0 saturated carbocycles. The minimum absolute atomic E-state index is 0.605. The van der Waals surface area contributed by atoms with Crippen LogP contribution in [0.1, 0.15) is 19.0 Å². The van der Waals surface area contributed by atoms with Crippen molar-refractivity contribution < 1.29 is 0 Å². The predicted molar refractivity (Wildman–Crippen MR) is 73.9 cm³/mol.